The van der Waals surface area contributed by atoms with Gasteiger partial charge in [-0.25, -0.2) is 0 Å². The zero-order valence-electron chi connectivity index (χ0n) is 13.0. The molecule has 0 aliphatic carbocycles. The number of aryl methyl sites for hydroxylation is 1. The second-order valence-electron chi connectivity index (χ2n) is 5.14. The summed E-state index contributed by atoms with van der Waals surface area (Å²) in [7, 11) is 0. The minimum atomic E-state index is -0.412. The number of amides is 3. The van der Waals surface area contributed by atoms with Gasteiger partial charge in [0.15, 0.2) is 0 Å². The van der Waals surface area contributed by atoms with Crippen LogP contribution in [0.5, 0.6) is 0 Å². The van der Waals surface area contributed by atoms with Crippen LogP contribution in [-0.2, 0) is 14.4 Å². The summed E-state index contributed by atoms with van der Waals surface area (Å²) in [5.41, 5.74) is 2.04. The average molecular weight is 303 g/mol. The van der Waals surface area contributed by atoms with Gasteiger partial charge in [-0.1, -0.05) is 26.5 Å². The van der Waals surface area contributed by atoms with E-state index in [-0.39, 0.29) is 24.3 Å². The smallest absolute Gasteiger partial charge is 0.243 e. The molecule has 0 spiro atoms. The number of carbonyl (C=O) groups excluding carboxylic acids is 3. The van der Waals surface area contributed by atoms with Gasteiger partial charge in [-0.2, -0.15) is 0 Å². The van der Waals surface area contributed by atoms with E-state index in [1.165, 1.54) is 0 Å². The molecule has 6 heteroatoms. The maximum Gasteiger partial charge on any atom is 0.243 e. The molecule has 0 saturated carbocycles. The highest BCUT2D eigenvalue weighted by molar-refractivity contribution is 5.98. The Balaban J connectivity index is 2.73. The zero-order chi connectivity index (χ0) is 16.7. The molecule has 0 fully saturated rings. The summed E-state index contributed by atoms with van der Waals surface area (Å²) < 4.78 is 0. The molecule has 0 aliphatic heterocycles. The molecule has 0 atom stereocenters. The topological polar surface area (TPSA) is 87.3 Å². The predicted octanol–water partition coefficient (Wildman–Crippen LogP) is 1.83. The summed E-state index contributed by atoms with van der Waals surface area (Å²) in [4.78, 5) is 34.5. The van der Waals surface area contributed by atoms with Crippen molar-refractivity contribution >= 4 is 29.1 Å². The van der Waals surface area contributed by atoms with Crippen LogP contribution < -0.4 is 16.0 Å². The molecule has 0 heterocycles. The summed E-state index contributed by atoms with van der Waals surface area (Å²) in [5, 5.41) is 7.86. The second kappa shape index (κ2) is 7.97. The molecule has 3 N–H and O–H groups in total. The van der Waals surface area contributed by atoms with Crippen LogP contribution in [0.25, 0.3) is 0 Å². The molecule has 0 bridgehead atoms. The quantitative estimate of drug-likeness (QED) is 0.701. The van der Waals surface area contributed by atoms with Gasteiger partial charge in [-0.15, -0.1) is 0 Å². The van der Waals surface area contributed by atoms with Crippen LogP contribution in [0.4, 0.5) is 11.4 Å². The number of anilines is 2. The Morgan fingerprint density at radius 2 is 1.91 bits per heavy atom. The molecule has 3 amide bonds. The SMILES string of the molecule is C=CC(=O)NCC(=O)Nc1cc(NC(=O)C(C)C)ccc1C. The summed E-state index contributed by atoms with van der Waals surface area (Å²) in [6.07, 6.45) is 1.10. The molecule has 0 saturated heterocycles. The van der Waals surface area contributed by atoms with Crippen molar-refractivity contribution in [3.63, 3.8) is 0 Å². The fraction of sp³-hybridized carbons (Fsp3) is 0.312. The van der Waals surface area contributed by atoms with Crippen molar-refractivity contribution in [2.75, 3.05) is 17.2 Å². The fourth-order valence-electron chi connectivity index (χ4n) is 1.55. The van der Waals surface area contributed by atoms with Crippen molar-refractivity contribution in [2.45, 2.75) is 20.8 Å². The van der Waals surface area contributed by atoms with Gasteiger partial charge in [-0.05, 0) is 30.7 Å². The summed E-state index contributed by atoms with van der Waals surface area (Å²) in [6, 6.07) is 5.25. The van der Waals surface area contributed by atoms with E-state index < -0.39 is 5.91 Å². The Labute approximate surface area is 130 Å². The van der Waals surface area contributed by atoms with Crippen molar-refractivity contribution in [1.29, 1.82) is 0 Å². The van der Waals surface area contributed by atoms with Gasteiger partial charge in [0, 0.05) is 17.3 Å². The van der Waals surface area contributed by atoms with Crippen molar-refractivity contribution in [3.05, 3.63) is 36.4 Å². The first-order chi connectivity index (χ1) is 10.3. The van der Waals surface area contributed by atoms with E-state index in [1.807, 2.05) is 6.92 Å². The van der Waals surface area contributed by atoms with Crippen molar-refractivity contribution in [3.8, 4) is 0 Å². The second-order valence-corrected chi connectivity index (χ2v) is 5.14. The molecule has 0 radical (unpaired) electrons. The molecule has 1 aromatic rings. The molecule has 1 aromatic carbocycles. The van der Waals surface area contributed by atoms with E-state index in [0.717, 1.165) is 11.6 Å². The minimum Gasteiger partial charge on any atom is -0.343 e. The van der Waals surface area contributed by atoms with E-state index >= 15 is 0 Å². The first kappa shape index (κ1) is 17.4. The Bertz CT molecular complexity index is 594. The predicted molar refractivity (Wildman–Crippen MR) is 86.5 cm³/mol. The Morgan fingerprint density at radius 1 is 1.23 bits per heavy atom. The summed E-state index contributed by atoms with van der Waals surface area (Å²) in [6.45, 7) is 8.60. The van der Waals surface area contributed by atoms with Gasteiger partial charge in [0.25, 0.3) is 0 Å². The molecular formula is C16H21N3O3. The molecule has 0 unspecified atom stereocenters. The zero-order valence-corrected chi connectivity index (χ0v) is 13.0. The van der Waals surface area contributed by atoms with Crippen molar-refractivity contribution in [2.24, 2.45) is 5.92 Å². The highest BCUT2D eigenvalue weighted by Crippen LogP contribution is 2.20. The third-order valence-corrected chi connectivity index (χ3v) is 2.91. The lowest BCUT2D eigenvalue weighted by molar-refractivity contribution is -0.121. The van der Waals surface area contributed by atoms with E-state index in [9.17, 15) is 14.4 Å². The van der Waals surface area contributed by atoms with E-state index in [1.54, 1.807) is 32.0 Å². The van der Waals surface area contributed by atoms with Gasteiger partial charge >= 0.3 is 0 Å². The van der Waals surface area contributed by atoms with Crippen LogP contribution in [0.3, 0.4) is 0 Å². The van der Waals surface area contributed by atoms with Crippen molar-refractivity contribution in [1.82, 2.24) is 5.32 Å². The molecule has 118 valence electrons. The lowest BCUT2D eigenvalue weighted by Gasteiger charge is -2.12. The van der Waals surface area contributed by atoms with Crippen LogP contribution >= 0.6 is 0 Å². The average Bonchev–Trinajstić information content (AvgIpc) is 2.47. The number of carbonyl (C=O) groups is 3. The lowest BCUT2D eigenvalue weighted by Crippen LogP contribution is -2.31. The summed E-state index contributed by atoms with van der Waals surface area (Å²) >= 11 is 0. The van der Waals surface area contributed by atoms with Gasteiger partial charge in [0.1, 0.15) is 0 Å². The highest BCUT2D eigenvalue weighted by atomic mass is 16.2. The molecule has 0 aliphatic rings. The molecule has 6 nitrogen and oxygen atoms in total. The minimum absolute atomic E-state index is 0.0978. The van der Waals surface area contributed by atoms with Gasteiger partial charge < -0.3 is 16.0 Å². The lowest BCUT2D eigenvalue weighted by atomic mass is 10.1. The highest BCUT2D eigenvalue weighted by Gasteiger charge is 2.10. The molecule has 0 aromatic heterocycles. The standard InChI is InChI=1S/C16H21N3O3/c1-5-14(20)17-9-15(21)19-13-8-12(7-6-11(13)4)18-16(22)10(2)3/h5-8,10H,1,9H2,2-4H3,(H,17,20)(H,18,22)(H,19,21). The largest absolute Gasteiger partial charge is 0.343 e. The number of hydrogen-bond donors (Lipinski definition) is 3. The molecule has 22 heavy (non-hydrogen) atoms. The Kier molecular flexibility index (Phi) is 6.31. The van der Waals surface area contributed by atoms with Crippen LogP contribution in [0.1, 0.15) is 19.4 Å². The number of benzene rings is 1. The Morgan fingerprint density at radius 3 is 2.50 bits per heavy atom. The number of nitrogens with one attached hydrogen (secondary N) is 3. The maximum atomic E-state index is 11.8. The van der Waals surface area contributed by atoms with E-state index in [0.29, 0.717) is 11.4 Å². The molecule has 1 rings (SSSR count). The third kappa shape index (κ3) is 5.40. The van der Waals surface area contributed by atoms with Gasteiger partial charge in [-0.3, -0.25) is 14.4 Å². The fourth-order valence-corrected chi connectivity index (χ4v) is 1.55. The summed E-state index contributed by atoms with van der Waals surface area (Å²) in [5.74, 6) is -0.997. The maximum absolute atomic E-state index is 11.8. The van der Waals surface area contributed by atoms with Crippen LogP contribution in [0.2, 0.25) is 0 Å². The van der Waals surface area contributed by atoms with Crippen LogP contribution in [-0.4, -0.2) is 24.3 Å². The number of rotatable bonds is 6. The van der Waals surface area contributed by atoms with E-state index in [4.69, 9.17) is 0 Å². The van der Waals surface area contributed by atoms with E-state index in [2.05, 4.69) is 22.5 Å². The normalized spacial score (nSPS) is 10.0. The van der Waals surface area contributed by atoms with Crippen LogP contribution in [0.15, 0.2) is 30.9 Å². The third-order valence-electron chi connectivity index (χ3n) is 2.91. The number of hydrogen-bond acceptors (Lipinski definition) is 3. The van der Waals surface area contributed by atoms with Crippen molar-refractivity contribution < 1.29 is 14.4 Å². The van der Waals surface area contributed by atoms with Gasteiger partial charge in [0.2, 0.25) is 17.7 Å². The van der Waals surface area contributed by atoms with Crippen LogP contribution in [0, 0.1) is 12.8 Å². The monoisotopic (exact) mass is 303 g/mol. The Hall–Kier alpha value is -2.63. The first-order valence-electron chi connectivity index (χ1n) is 6.95. The first-order valence-corrected chi connectivity index (χ1v) is 6.95. The molecular weight excluding hydrogens is 282 g/mol. The van der Waals surface area contributed by atoms with Gasteiger partial charge in [0.05, 0.1) is 6.54 Å².